The maximum Gasteiger partial charge on any atom is 0.0541 e. The number of anilines is 3. The fraction of sp³-hybridized carbons (Fsp3) is 0.208. The minimum absolute atomic E-state index is 0.0544. The molecule has 6 unspecified atom stereocenters. The predicted octanol–water partition coefficient (Wildman–Crippen LogP) is 14.1. The Labute approximate surface area is 325 Å². The summed E-state index contributed by atoms with van der Waals surface area (Å²) in [5, 5.41) is 2.57. The number of aromatic nitrogens is 1. The lowest BCUT2D eigenvalue weighted by Gasteiger charge is -2.33. The van der Waals surface area contributed by atoms with Gasteiger partial charge in [-0.3, -0.25) is 0 Å². The number of para-hydroxylation sites is 2. The minimum atomic E-state index is 0.0544. The van der Waals surface area contributed by atoms with Crippen LogP contribution >= 0.6 is 0 Å². The summed E-state index contributed by atoms with van der Waals surface area (Å²) in [6, 6.07) is 43.0. The Bertz CT molecular complexity index is 2620. The third-order valence-electron chi connectivity index (χ3n) is 13.2. The van der Waals surface area contributed by atoms with Gasteiger partial charge in [-0.25, -0.2) is 0 Å². The van der Waals surface area contributed by atoms with Gasteiger partial charge in [0.25, 0.3) is 0 Å². The van der Waals surface area contributed by atoms with Crippen molar-refractivity contribution in [2.24, 2.45) is 29.6 Å². The van der Waals surface area contributed by atoms with E-state index in [9.17, 15) is 0 Å². The number of fused-ring (bicyclic) bond motifs is 6. The van der Waals surface area contributed by atoms with E-state index in [0.29, 0.717) is 35.5 Å². The Balaban J connectivity index is 1.00. The Kier molecular flexibility index (Phi) is 8.06. The van der Waals surface area contributed by atoms with E-state index in [1.165, 1.54) is 55.4 Å². The van der Waals surface area contributed by atoms with Crippen molar-refractivity contribution in [3.63, 3.8) is 0 Å². The molecule has 0 radical (unpaired) electrons. The van der Waals surface area contributed by atoms with Crippen LogP contribution in [0.5, 0.6) is 0 Å². The van der Waals surface area contributed by atoms with Crippen LogP contribution in [0.3, 0.4) is 0 Å². The SMILES string of the molecule is CC1C=CC=CC1C1C=CC(n2c3ccccc3c3cc(-c4ccc(N(c5ccccc5)c5ccc6c(c5)C(C)(C)C5C=CC=CC65)cc4)ccc32)=CC1C. The van der Waals surface area contributed by atoms with E-state index >= 15 is 0 Å². The molecule has 5 aromatic carbocycles. The van der Waals surface area contributed by atoms with E-state index in [0.717, 1.165) is 11.4 Å². The van der Waals surface area contributed by atoms with Crippen molar-refractivity contribution in [2.45, 2.75) is 39.0 Å². The molecule has 0 aliphatic heterocycles. The first kappa shape index (κ1) is 33.7. The molecule has 6 atom stereocenters. The highest BCUT2D eigenvalue weighted by Gasteiger charge is 2.44. The van der Waals surface area contributed by atoms with Crippen molar-refractivity contribution < 1.29 is 0 Å². The molecule has 1 aromatic heterocycles. The number of hydrogen-bond donors (Lipinski definition) is 0. The molecule has 2 nitrogen and oxygen atoms in total. The first-order valence-corrected chi connectivity index (χ1v) is 20.1. The van der Waals surface area contributed by atoms with Gasteiger partial charge < -0.3 is 9.47 Å². The summed E-state index contributed by atoms with van der Waals surface area (Å²) in [6.07, 6.45) is 25.7. The molecule has 270 valence electrons. The van der Waals surface area contributed by atoms with Crippen LogP contribution in [0.15, 0.2) is 182 Å². The Morgan fingerprint density at radius 3 is 2.04 bits per heavy atom. The summed E-state index contributed by atoms with van der Waals surface area (Å²) in [6.45, 7) is 9.55. The first-order valence-electron chi connectivity index (χ1n) is 20.1. The predicted molar refractivity (Wildman–Crippen MR) is 234 cm³/mol. The second-order valence-electron chi connectivity index (χ2n) is 16.7. The van der Waals surface area contributed by atoms with Gasteiger partial charge in [0, 0.05) is 39.4 Å². The molecule has 0 saturated carbocycles. The van der Waals surface area contributed by atoms with Crippen molar-refractivity contribution in [2.75, 3.05) is 4.90 Å². The normalized spacial score (nSPS) is 24.6. The number of hydrogen-bond acceptors (Lipinski definition) is 1. The molecule has 0 bridgehead atoms. The molecule has 0 spiro atoms. The fourth-order valence-corrected chi connectivity index (χ4v) is 10.2. The van der Waals surface area contributed by atoms with Crippen LogP contribution in [-0.4, -0.2) is 4.57 Å². The second kappa shape index (κ2) is 13.2. The summed E-state index contributed by atoms with van der Waals surface area (Å²) in [5.41, 5.74) is 12.7. The lowest BCUT2D eigenvalue weighted by molar-refractivity contribution is 0.331. The average molecular weight is 713 g/mol. The highest BCUT2D eigenvalue weighted by Crippen LogP contribution is 2.54. The van der Waals surface area contributed by atoms with Crippen LogP contribution in [0.4, 0.5) is 17.1 Å². The lowest BCUT2D eigenvalue weighted by Crippen LogP contribution is -2.25. The van der Waals surface area contributed by atoms with E-state index in [1.807, 2.05) is 0 Å². The summed E-state index contributed by atoms with van der Waals surface area (Å²) in [4.78, 5) is 2.41. The van der Waals surface area contributed by atoms with E-state index in [2.05, 4.69) is 219 Å². The number of benzene rings is 5. The highest BCUT2D eigenvalue weighted by atomic mass is 15.1. The van der Waals surface area contributed by atoms with Gasteiger partial charge in [-0.15, -0.1) is 0 Å². The van der Waals surface area contributed by atoms with Crippen LogP contribution < -0.4 is 4.90 Å². The van der Waals surface area contributed by atoms with Gasteiger partial charge in [-0.2, -0.15) is 0 Å². The van der Waals surface area contributed by atoms with E-state index in [-0.39, 0.29) is 5.41 Å². The average Bonchev–Trinajstić information content (AvgIpc) is 3.67. The molecule has 0 N–H and O–H groups in total. The molecule has 4 aliphatic carbocycles. The molecule has 0 fully saturated rings. The van der Waals surface area contributed by atoms with Crippen LogP contribution in [0.2, 0.25) is 0 Å². The molecule has 4 aliphatic rings. The maximum absolute atomic E-state index is 2.49. The molecule has 6 aromatic rings. The largest absolute Gasteiger partial charge is 0.310 e. The molecule has 10 rings (SSSR count). The van der Waals surface area contributed by atoms with Crippen LogP contribution in [-0.2, 0) is 5.41 Å². The highest BCUT2D eigenvalue weighted by molar-refractivity contribution is 6.11. The maximum atomic E-state index is 2.49. The summed E-state index contributed by atoms with van der Waals surface area (Å²) >= 11 is 0. The summed E-state index contributed by atoms with van der Waals surface area (Å²) in [7, 11) is 0. The Hall–Kier alpha value is -5.86. The summed E-state index contributed by atoms with van der Waals surface area (Å²) < 4.78 is 2.47. The van der Waals surface area contributed by atoms with E-state index in [4.69, 9.17) is 0 Å². The molecule has 55 heavy (non-hydrogen) atoms. The fourth-order valence-electron chi connectivity index (χ4n) is 10.2. The smallest absolute Gasteiger partial charge is 0.0541 e. The van der Waals surface area contributed by atoms with Gasteiger partial charge in [0.2, 0.25) is 0 Å². The zero-order chi connectivity index (χ0) is 37.3. The van der Waals surface area contributed by atoms with Gasteiger partial charge in [0.05, 0.1) is 11.0 Å². The van der Waals surface area contributed by atoms with Gasteiger partial charge in [0.15, 0.2) is 0 Å². The lowest BCUT2D eigenvalue weighted by atomic mass is 9.72. The Morgan fingerprint density at radius 1 is 0.545 bits per heavy atom. The Morgan fingerprint density at radius 2 is 1.22 bits per heavy atom. The third kappa shape index (κ3) is 5.53. The van der Waals surface area contributed by atoms with Crippen LogP contribution in [0, 0.1) is 29.6 Å². The van der Waals surface area contributed by atoms with Crippen molar-refractivity contribution in [1.29, 1.82) is 0 Å². The zero-order valence-corrected chi connectivity index (χ0v) is 32.2. The molecular weight excluding hydrogens is 665 g/mol. The van der Waals surface area contributed by atoms with Crippen molar-refractivity contribution >= 4 is 44.6 Å². The topological polar surface area (TPSA) is 8.17 Å². The molecule has 0 amide bonds. The quantitative estimate of drug-likeness (QED) is 0.167. The number of nitrogens with zero attached hydrogens (tertiary/aromatic N) is 2. The summed E-state index contributed by atoms with van der Waals surface area (Å²) in [5.74, 6) is 2.93. The minimum Gasteiger partial charge on any atom is -0.310 e. The van der Waals surface area contributed by atoms with Crippen molar-refractivity contribution in [3.05, 3.63) is 193 Å². The molecular formula is C53H48N2. The molecule has 1 heterocycles. The first-order chi connectivity index (χ1) is 26.9. The van der Waals surface area contributed by atoms with E-state index in [1.54, 1.807) is 0 Å². The monoisotopic (exact) mass is 712 g/mol. The van der Waals surface area contributed by atoms with Gasteiger partial charge in [0.1, 0.15) is 0 Å². The number of rotatable bonds is 6. The van der Waals surface area contributed by atoms with Crippen LogP contribution in [0.25, 0.3) is 38.6 Å². The molecule has 0 saturated heterocycles. The van der Waals surface area contributed by atoms with Crippen LogP contribution in [0.1, 0.15) is 44.7 Å². The molecule has 2 heteroatoms. The van der Waals surface area contributed by atoms with Gasteiger partial charge in [-0.1, -0.05) is 149 Å². The standard InChI is InChI=1S/C53H48N2/c1-35-14-8-9-17-43(35)44-29-27-41(32-36(44)2)55-51-21-13-11-19-47(51)48-33-38(24-31-52(48)55)37-22-25-40(26-23-37)54(39-15-6-5-7-16-39)42-28-30-46-45-18-10-12-20-49(45)53(3,4)50(46)34-42/h5-36,43-45,49H,1-4H3. The van der Waals surface area contributed by atoms with Crippen molar-refractivity contribution in [1.82, 2.24) is 4.57 Å². The number of allylic oxidation sites excluding steroid dienone is 12. The van der Waals surface area contributed by atoms with Crippen molar-refractivity contribution in [3.8, 4) is 11.1 Å². The zero-order valence-electron chi connectivity index (χ0n) is 32.2. The van der Waals surface area contributed by atoms with E-state index < -0.39 is 0 Å². The second-order valence-corrected chi connectivity index (χ2v) is 16.7. The van der Waals surface area contributed by atoms with Gasteiger partial charge >= 0.3 is 0 Å². The third-order valence-corrected chi connectivity index (χ3v) is 13.2. The van der Waals surface area contributed by atoms with Gasteiger partial charge in [-0.05, 0) is 118 Å².